The number of hydrogen-bond donors (Lipinski definition) is 1. The summed E-state index contributed by atoms with van der Waals surface area (Å²) < 4.78 is 0. The van der Waals surface area contributed by atoms with Crippen molar-refractivity contribution in [2.24, 2.45) is 11.1 Å². The van der Waals surface area contributed by atoms with E-state index in [2.05, 4.69) is 11.9 Å². The zero-order valence-corrected chi connectivity index (χ0v) is 15.0. The first-order valence-electron chi connectivity index (χ1n) is 9.32. The lowest BCUT2D eigenvalue weighted by atomic mass is 9.85. The van der Waals surface area contributed by atoms with Crippen LogP contribution in [0.2, 0.25) is 0 Å². The van der Waals surface area contributed by atoms with Gasteiger partial charge in [-0.3, -0.25) is 14.6 Å². The third kappa shape index (κ3) is 3.54. The van der Waals surface area contributed by atoms with Crippen LogP contribution >= 0.6 is 0 Å². The summed E-state index contributed by atoms with van der Waals surface area (Å²) in [6, 6.07) is 1.91. The molecule has 2 amide bonds. The fourth-order valence-corrected chi connectivity index (χ4v) is 4.03. The van der Waals surface area contributed by atoms with E-state index >= 15 is 0 Å². The number of nitrogens with zero attached hydrogens (tertiary/aromatic N) is 3. The van der Waals surface area contributed by atoms with Crippen molar-refractivity contribution in [3.05, 3.63) is 29.6 Å². The highest BCUT2D eigenvalue weighted by molar-refractivity contribution is 5.95. The van der Waals surface area contributed by atoms with Crippen LogP contribution in [0.25, 0.3) is 0 Å². The van der Waals surface area contributed by atoms with E-state index in [4.69, 9.17) is 5.73 Å². The van der Waals surface area contributed by atoms with Gasteiger partial charge in [0.05, 0.1) is 11.0 Å². The Morgan fingerprint density at radius 3 is 2.88 bits per heavy atom. The van der Waals surface area contributed by atoms with Crippen molar-refractivity contribution in [2.75, 3.05) is 32.7 Å². The molecule has 3 heterocycles. The van der Waals surface area contributed by atoms with Crippen LogP contribution in [0.15, 0.2) is 18.5 Å². The first-order chi connectivity index (χ1) is 12.1. The molecule has 0 saturated carbocycles. The van der Waals surface area contributed by atoms with Gasteiger partial charge in [-0.15, -0.1) is 0 Å². The van der Waals surface area contributed by atoms with Gasteiger partial charge in [-0.05, 0) is 50.3 Å². The molecule has 2 N–H and O–H groups in total. The number of aryl methyl sites for hydroxylation is 1. The summed E-state index contributed by atoms with van der Waals surface area (Å²) in [4.78, 5) is 33.6. The molecule has 136 valence electrons. The zero-order valence-electron chi connectivity index (χ0n) is 15.0. The Bertz CT molecular complexity index is 648. The van der Waals surface area contributed by atoms with Crippen LogP contribution in [0.3, 0.4) is 0 Å². The summed E-state index contributed by atoms with van der Waals surface area (Å²) >= 11 is 0. The Balaban J connectivity index is 1.68. The van der Waals surface area contributed by atoms with E-state index in [1.54, 1.807) is 12.4 Å². The summed E-state index contributed by atoms with van der Waals surface area (Å²) in [7, 11) is 0. The van der Waals surface area contributed by atoms with Gasteiger partial charge < -0.3 is 15.5 Å². The summed E-state index contributed by atoms with van der Waals surface area (Å²) in [6.07, 6.45) is 7.75. The second kappa shape index (κ2) is 7.52. The Labute approximate surface area is 149 Å². The SMILES string of the molecule is CCCN1CCC2(CCN(C(=O)c3cncc(CCCN)c3)C2)C1=O. The quantitative estimate of drug-likeness (QED) is 0.847. The summed E-state index contributed by atoms with van der Waals surface area (Å²) in [6.45, 7) is 5.55. The number of hydrogen-bond acceptors (Lipinski definition) is 4. The van der Waals surface area contributed by atoms with E-state index in [9.17, 15) is 9.59 Å². The highest BCUT2D eigenvalue weighted by atomic mass is 16.2. The molecule has 1 atom stereocenters. The van der Waals surface area contributed by atoms with Crippen molar-refractivity contribution < 1.29 is 9.59 Å². The van der Waals surface area contributed by atoms with Crippen molar-refractivity contribution in [1.82, 2.24) is 14.8 Å². The van der Waals surface area contributed by atoms with Crippen molar-refractivity contribution in [1.29, 1.82) is 0 Å². The highest BCUT2D eigenvalue weighted by Gasteiger charge is 2.51. The number of carbonyl (C=O) groups is 2. The van der Waals surface area contributed by atoms with Crippen molar-refractivity contribution in [3.8, 4) is 0 Å². The number of pyridine rings is 1. The topological polar surface area (TPSA) is 79.5 Å². The number of nitrogens with two attached hydrogens (primary N) is 1. The first kappa shape index (κ1) is 17.9. The Morgan fingerprint density at radius 1 is 1.32 bits per heavy atom. The van der Waals surface area contributed by atoms with E-state index in [0.717, 1.165) is 50.8 Å². The van der Waals surface area contributed by atoms with Gasteiger partial charge in [0, 0.05) is 38.6 Å². The van der Waals surface area contributed by atoms with E-state index in [-0.39, 0.29) is 17.2 Å². The van der Waals surface area contributed by atoms with Crippen molar-refractivity contribution in [2.45, 2.75) is 39.0 Å². The molecule has 6 heteroatoms. The maximum Gasteiger partial charge on any atom is 0.255 e. The smallest absolute Gasteiger partial charge is 0.255 e. The molecule has 1 aromatic rings. The molecule has 2 aliphatic rings. The number of carbonyl (C=O) groups excluding carboxylic acids is 2. The molecule has 1 spiro atoms. The summed E-state index contributed by atoms with van der Waals surface area (Å²) in [5.41, 5.74) is 6.85. The van der Waals surface area contributed by atoms with Gasteiger partial charge in [-0.25, -0.2) is 0 Å². The largest absolute Gasteiger partial charge is 0.342 e. The minimum absolute atomic E-state index is 0.0132. The number of amides is 2. The molecular weight excluding hydrogens is 316 g/mol. The average Bonchev–Trinajstić information content (AvgIpc) is 3.20. The lowest BCUT2D eigenvalue weighted by molar-refractivity contribution is -0.135. The van der Waals surface area contributed by atoms with Crippen LogP contribution in [-0.2, 0) is 11.2 Å². The van der Waals surface area contributed by atoms with Gasteiger partial charge in [0.15, 0.2) is 0 Å². The van der Waals surface area contributed by atoms with Crippen LogP contribution in [0.1, 0.15) is 48.5 Å². The van der Waals surface area contributed by atoms with E-state index in [0.29, 0.717) is 25.2 Å². The predicted octanol–water partition coefficient (Wildman–Crippen LogP) is 1.45. The second-order valence-electron chi connectivity index (χ2n) is 7.27. The lowest BCUT2D eigenvalue weighted by Gasteiger charge is -2.23. The maximum atomic E-state index is 12.9. The minimum atomic E-state index is -0.352. The maximum absolute atomic E-state index is 12.9. The molecule has 2 saturated heterocycles. The molecule has 2 aliphatic heterocycles. The summed E-state index contributed by atoms with van der Waals surface area (Å²) in [5.74, 6) is 0.222. The van der Waals surface area contributed by atoms with E-state index in [1.165, 1.54) is 0 Å². The Kier molecular flexibility index (Phi) is 5.37. The fourth-order valence-electron chi connectivity index (χ4n) is 4.03. The molecule has 2 fully saturated rings. The van der Waals surface area contributed by atoms with E-state index in [1.807, 2.05) is 15.9 Å². The third-order valence-corrected chi connectivity index (χ3v) is 5.45. The average molecular weight is 344 g/mol. The Hall–Kier alpha value is -1.95. The van der Waals surface area contributed by atoms with Crippen LogP contribution in [0.4, 0.5) is 0 Å². The lowest BCUT2D eigenvalue weighted by Crippen LogP contribution is -2.38. The number of rotatable bonds is 6. The zero-order chi connectivity index (χ0) is 17.9. The summed E-state index contributed by atoms with van der Waals surface area (Å²) in [5, 5.41) is 0. The van der Waals surface area contributed by atoms with Gasteiger partial charge in [-0.1, -0.05) is 6.92 Å². The predicted molar refractivity (Wildman–Crippen MR) is 96.1 cm³/mol. The number of aromatic nitrogens is 1. The van der Waals surface area contributed by atoms with Crippen LogP contribution in [0.5, 0.6) is 0 Å². The monoisotopic (exact) mass is 344 g/mol. The van der Waals surface area contributed by atoms with Crippen molar-refractivity contribution in [3.63, 3.8) is 0 Å². The molecule has 1 unspecified atom stereocenters. The van der Waals surface area contributed by atoms with Crippen LogP contribution in [-0.4, -0.2) is 59.3 Å². The normalized spacial score (nSPS) is 23.0. The number of likely N-dealkylation sites (tertiary alicyclic amines) is 2. The van der Waals surface area contributed by atoms with Crippen LogP contribution in [0, 0.1) is 5.41 Å². The molecular formula is C19H28N4O2. The molecule has 0 aliphatic carbocycles. The molecule has 1 aromatic heterocycles. The molecule has 0 radical (unpaired) electrons. The molecule has 0 aromatic carbocycles. The fraction of sp³-hybridized carbons (Fsp3) is 0.632. The van der Waals surface area contributed by atoms with Gasteiger partial charge in [-0.2, -0.15) is 0 Å². The Morgan fingerprint density at radius 2 is 2.12 bits per heavy atom. The van der Waals surface area contributed by atoms with Gasteiger partial charge in [0.2, 0.25) is 5.91 Å². The molecule has 3 rings (SSSR count). The third-order valence-electron chi connectivity index (χ3n) is 5.45. The van der Waals surface area contributed by atoms with Gasteiger partial charge in [0.1, 0.15) is 0 Å². The van der Waals surface area contributed by atoms with Gasteiger partial charge >= 0.3 is 0 Å². The molecule has 0 bridgehead atoms. The van der Waals surface area contributed by atoms with Gasteiger partial charge in [0.25, 0.3) is 5.91 Å². The molecule has 25 heavy (non-hydrogen) atoms. The standard InChI is InChI=1S/C19H28N4O2/c1-2-8-22-9-5-19(18(22)25)6-10-23(14-19)17(24)16-11-15(4-3-7-20)12-21-13-16/h11-13H,2-10,14,20H2,1H3. The highest BCUT2D eigenvalue weighted by Crippen LogP contribution is 2.41. The van der Waals surface area contributed by atoms with E-state index < -0.39 is 0 Å². The minimum Gasteiger partial charge on any atom is -0.342 e. The molecule has 6 nitrogen and oxygen atoms in total. The first-order valence-corrected chi connectivity index (χ1v) is 9.32. The van der Waals surface area contributed by atoms with Crippen LogP contribution < -0.4 is 5.73 Å². The van der Waals surface area contributed by atoms with Crippen molar-refractivity contribution >= 4 is 11.8 Å². The second-order valence-corrected chi connectivity index (χ2v) is 7.27.